The second-order valence-corrected chi connectivity index (χ2v) is 6.60. The summed E-state index contributed by atoms with van der Waals surface area (Å²) in [5.41, 5.74) is 0.933. The van der Waals surface area contributed by atoms with Crippen molar-refractivity contribution in [2.24, 2.45) is 7.05 Å². The highest BCUT2D eigenvalue weighted by Crippen LogP contribution is 2.36. The molecule has 2 aliphatic rings. The topological polar surface area (TPSA) is 68.6 Å². The number of morpholine rings is 1. The number of nitrogens with one attached hydrogen (secondary N) is 1. The van der Waals surface area contributed by atoms with Gasteiger partial charge in [-0.1, -0.05) is 0 Å². The molecule has 2 aliphatic heterocycles. The van der Waals surface area contributed by atoms with Crippen LogP contribution in [0.5, 0.6) is 5.75 Å². The van der Waals surface area contributed by atoms with Crippen LogP contribution in [0.3, 0.4) is 0 Å². The van der Waals surface area contributed by atoms with E-state index >= 15 is 0 Å². The minimum atomic E-state index is -0.644. The fourth-order valence-corrected chi connectivity index (χ4v) is 3.54. The van der Waals surface area contributed by atoms with Crippen molar-refractivity contribution in [1.82, 2.24) is 20.0 Å². The largest absolute Gasteiger partial charge is 0.490 e. The maximum atomic E-state index is 14.2. The van der Waals surface area contributed by atoms with Gasteiger partial charge in [-0.15, -0.1) is 0 Å². The Balaban J connectivity index is 1.49. The lowest BCUT2D eigenvalue weighted by atomic mass is 9.99. The van der Waals surface area contributed by atoms with E-state index in [1.54, 1.807) is 15.8 Å². The van der Waals surface area contributed by atoms with Crippen molar-refractivity contribution in [3.8, 4) is 5.75 Å². The molecule has 1 N–H and O–H groups in total. The van der Waals surface area contributed by atoms with Gasteiger partial charge in [0.05, 0.1) is 37.1 Å². The highest BCUT2D eigenvalue weighted by Gasteiger charge is 2.32. The zero-order chi connectivity index (χ0) is 19.0. The number of halogens is 2. The molecule has 1 saturated heterocycles. The lowest BCUT2D eigenvalue weighted by Crippen LogP contribution is -2.48. The Morgan fingerprint density at radius 2 is 2.07 bits per heavy atom. The first-order valence-electron chi connectivity index (χ1n) is 8.80. The highest BCUT2D eigenvalue weighted by molar-refractivity contribution is 5.75. The number of benzene rings is 1. The third kappa shape index (κ3) is 3.34. The van der Waals surface area contributed by atoms with Gasteiger partial charge in [-0.05, 0) is 18.2 Å². The van der Waals surface area contributed by atoms with Gasteiger partial charge in [-0.3, -0.25) is 4.68 Å². The molecule has 9 heteroatoms. The Labute approximate surface area is 154 Å². The molecular weight excluding hydrogens is 358 g/mol. The molecule has 0 aliphatic carbocycles. The molecule has 2 amide bonds. The zero-order valence-electron chi connectivity index (χ0n) is 14.8. The van der Waals surface area contributed by atoms with Crippen molar-refractivity contribution in [3.05, 3.63) is 47.3 Å². The number of aryl methyl sites for hydroxylation is 1. The number of ether oxygens (including phenoxy) is 2. The highest BCUT2D eigenvalue weighted by atomic mass is 19.1. The van der Waals surface area contributed by atoms with E-state index < -0.39 is 17.7 Å². The van der Waals surface area contributed by atoms with Crippen LogP contribution in [0.2, 0.25) is 0 Å². The van der Waals surface area contributed by atoms with Gasteiger partial charge in [0.15, 0.2) is 11.6 Å². The molecule has 0 bridgehead atoms. The van der Waals surface area contributed by atoms with Gasteiger partial charge in [0.1, 0.15) is 11.9 Å². The molecule has 3 heterocycles. The second-order valence-electron chi connectivity index (χ2n) is 6.60. The first kappa shape index (κ1) is 17.7. The predicted molar refractivity (Wildman–Crippen MR) is 91.2 cm³/mol. The van der Waals surface area contributed by atoms with Gasteiger partial charge in [0.2, 0.25) is 0 Å². The first-order valence-corrected chi connectivity index (χ1v) is 8.80. The molecule has 0 spiro atoms. The number of aromatic nitrogens is 2. The van der Waals surface area contributed by atoms with E-state index in [0.29, 0.717) is 26.1 Å². The molecule has 1 fully saturated rings. The molecule has 2 atom stereocenters. The van der Waals surface area contributed by atoms with E-state index in [9.17, 15) is 13.6 Å². The summed E-state index contributed by atoms with van der Waals surface area (Å²) < 4.78 is 40.9. The van der Waals surface area contributed by atoms with E-state index in [4.69, 9.17) is 9.47 Å². The predicted octanol–water partition coefficient (Wildman–Crippen LogP) is 2.31. The van der Waals surface area contributed by atoms with Gasteiger partial charge < -0.3 is 19.7 Å². The number of urea groups is 1. The lowest BCUT2D eigenvalue weighted by Gasteiger charge is -2.35. The van der Waals surface area contributed by atoms with E-state index in [2.05, 4.69) is 10.4 Å². The summed E-state index contributed by atoms with van der Waals surface area (Å²) in [5.74, 6) is -1.35. The van der Waals surface area contributed by atoms with Crippen molar-refractivity contribution in [2.45, 2.75) is 18.6 Å². The summed E-state index contributed by atoms with van der Waals surface area (Å²) in [7, 11) is 1.81. The van der Waals surface area contributed by atoms with Crippen LogP contribution in [0, 0.1) is 11.6 Å². The average molecular weight is 378 g/mol. The van der Waals surface area contributed by atoms with Crippen LogP contribution in [-0.2, 0) is 11.8 Å². The molecule has 4 rings (SSSR count). The molecule has 1 aromatic heterocycles. The van der Waals surface area contributed by atoms with E-state index in [1.807, 2.05) is 13.1 Å². The van der Waals surface area contributed by atoms with Crippen LogP contribution in [0.25, 0.3) is 0 Å². The van der Waals surface area contributed by atoms with Crippen LogP contribution in [0.1, 0.15) is 29.8 Å². The van der Waals surface area contributed by atoms with Crippen LogP contribution in [0.15, 0.2) is 24.4 Å². The van der Waals surface area contributed by atoms with Crippen LogP contribution >= 0.6 is 0 Å². The SMILES string of the molecule is Cn1nccc1C1CN(C(=O)N[C@@H]2CCOc3c(F)ccc(F)c32)CCO1. The molecule has 27 heavy (non-hydrogen) atoms. The summed E-state index contributed by atoms with van der Waals surface area (Å²) in [5, 5.41) is 6.94. The third-order valence-electron chi connectivity index (χ3n) is 4.94. The van der Waals surface area contributed by atoms with Crippen molar-refractivity contribution >= 4 is 6.03 Å². The van der Waals surface area contributed by atoms with Gasteiger partial charge in [-0.2, -0.15) is 5.10 Å². The van der Waals surface area contributed by atoms with Crippen LogP contribution in [-0.4, -0.2) is 47.0 Å². The minimum absolute atomic E-state index is 0.0612. The number of rotatable bonds is 2. The summed E-state index contributed by atoms with van der Waals surface area (Å²) in [4.78, 5) is 14.4. The summed E-state index contributed by atoms with van der Waals surface area (Å²) in [6.45, 7) is 1.37. The van der Waals surface area contributed by atoms with E-state index in [0.717, 1.165) is 17.8 Å². The maximum Gasteiger partial charge on any atom is 0.318 e. The standard InChI is InChI=1S/C18H20F2N4O3/c1-23-14(4-6-21-23)15-10-24(7-9-26-15)18(25)22-13-5-8-27-17-12(20)3-2-11(19)16(13)17/h2-4,6,13,15H,5,7-10H2,1H3,(H,22,25)/t13-,15?/m1/s1. The van der Waals surface area contributed by atoms with Crippen LogP contribution in [0.4, 0.5) is 13.6 Å². The van der Waals surface area contributed by atoms with Gasteiger partial charge >= 0.3 is 6.03 Å². The number of fused-ring (bicyclic) bond motifs is 1. The molecule has 144 valence electrons. The monoisotopic (exact) mass is 378 g/mol. The Bertz CT molecular complexity index is 857. The Morgan fingerprint density at radius 3 is 2.85 bits per heavy atom. The van der Waals surface area contributed by atoms with Gasteiger partial charge in [-0.25, -0.2) is 13.6 Å². The fourth-order valence-electron chi connectivity index (χ4n) is 3.54. The maximum absolute atomic E-state index is 14.2. The number of amides is 2. The van der Waals surface area contributed by atoms with E-state index in [-0.39, 0.29) is 30.1 Å². The zero-order valence-corrected chi connectivity index (χ0v) is 14.8. The quantitative estimate of drug-likeness (QED) is 0.871. The number of hydrogen-bond donors (Lipinski definition) is 1. The molecule has 2 aromatic rings. The van der Waals surface area contributed by atoms with Crippen LogP contribution < -0.4 is 10.1 Å². The Morgan fingerprint density at radius 1 is 1.26 bits per heavy atom. The van der Waals surface area contributed by atoms with Crippen molar-refractivity contribution in [3.63, 3.8) is 0 Å². The Kier molecular flexibility index (Phi) is 4.69. The smallest absolute Gasteiger partial charge is 0.318 e. The molecule has 7 nitrogen and oxygen atoms in total. The number of nitrogens with zero attached hydrogens (tertiary/aromatic N) is 3. The normalized spacial score (nSPS) is 22.1. The Hall–Kier alpha value is -2.68. The second kappa shape index (κ2) is 7.15. The minimum Gasteiger partial charge on any atom is -0.490 e. The number of hydrogen-bond acceptors (Lipinski definition) is 4. The summed E-state index contributed by atoms with van der Waals surface area (Å²) in [6.07, 6.45) is 1.76. The summed E-state index contributed by atoms with van der Waals surface area (Å²) >= 11 is 0. The third-order valence-corrected chi connectivity index (χ3v) is 4.94. The van der Waals surface area contributed by atoms with E-state index in [1.165, 1.54) is 0 Å². The van der Waals surface area contributed by atoms with Crippen molar-refractivity contribution < 1.29 is 23.0 Å². The first-order chi connectivity index (χ1) is 13.0. The van der Waals surface area contributed by atoms with Crippen molar-refractivity contribution in [1.29, 1.82) is 0 Å². The molecule has 0 radical (unpaired) electrons. The van der Waals surface area contributed by atoms with Crippen molar-refractivity contribution in [2.75, 3.05) is 26.3 Å². The van der Waals surface area contributed by atoms with Gasteiger partial charge in [0, 0.05) is 26.2 Å². The molecule has 1 aromatic carbocycles. The number of carbonyl (C=O) groups excluding carboxylic acids is 1. The average Bonchev–Trinajstić information content (AvgIpc) is 3.11. The molecule has 1 unspecified atom stereocenters. The number of carbonyl (C=O) groups is 1. The van der Waals surface area contributed by atoms with Gasteiger partial charge in [0.25, 0.3) is 0 Å². The summed E-state index contributed by atoms with van der Waals surface area (Å²) in [6, 6.07) is 2.94. The lowest BCUT2D eigenvalue weighted by molar-refractivity contribution is -0.0199. The fraction of sp³-hybridized carbons (Fsp3) is 0.444. The molecule has 0 saturated carbocycles. The molecular formula is C18H20F2N4O3.